The summed E-state index contributed by atoms with van der Waals surface area (Å²) in [4.78, 5) is 12.4. The third-order valence-electron chi connectivity index (χ3n) is 3.16. The number of benzene rings is 1. The van der Waals surface area contributed by atoms with Crippen molar-refractivity contribution in [2.45, 2.75) is 33.2 Å². The van der Waals surface area contributed by atoms with Crippen LogP contribution in [0.4, 0.5) is 4.39 Å². The number of nitrogens with zero attached hydrogens (tertiary/aromatic N) is 2. The second-order valence-corrected chi connectivity index (χ2v) is 5.30. The van der Waals surface area contributed by atoms with Crippen molar-refractivity contribution in [2.24, 2.45) is 0 Å². The second-order valence-electron chi connectivity index (χ2n) is 4.50. The number of carbonyl (C=O) groups is 1. The van der Waals surface area contributed by atoms with Crippen LogP contribution in [0.25, 0.3) is 0 Å². The average molecular weight is 339 g/mol. The Balaban J connectivity index is 2.28. The zero-order chi connectivity index (χ0) is 14.7. The Hall–Kier alpha value is -1.49. The molecule has 2 aromatic rings. The number of Topliss-reactive ketones (excluding diaryl/α,β-unsaturated/α-hetero) is 1. The molecule has 0 aliphatic heterocycles. The molecular formula is C15H16BrFN2O. The Morgan fingerprint density at radius 1 is 1.40 bits per heavy atom. The minimum Gasteiger partial charge on any atom is -0.292 e. The number of rotatable bonds is 5. The number of carbonyl (C=O) groups excluding carboxylic acids is 1. The van der Waals surface area contributed by atoms with Crippen LogP contribution in [0, 0.1) is 5.82 Å². The first kappa shape index (κ1) is 14.9. The zero-order valence-corrected chi connectivity index (χ0v) is 13.1. The van der Waals surface area contributed by atoms with E-state index in [1.165, 1.54) is 6.07 Å². The Bertz CT molecular complexity index is 637. The summed E-state index contributed by atoms with van der Waals surface area (Å²) in [5, 5.41) is 4.36. The molecule has 0 unspecified atom stereocenters. The molecule has 2 rings (SSSR count). The molecule has 0 radical (unpaired) electrons. The Labute approximate surface area is 125 Å². The molecule has 0 atom stereocenters. The second kappa shape index (κ2) is 6.31. The topological polar surface area (TPSA) is 34.9 Å². The molecule has 5 heteroatoms. The minimum absolute atomic E-state index is 0.0506. The summed E-state index contributed by atoms with van der Waals surface area (Å²) in [6.45, 7) is 4.59. The Kier molecular flexibility index (Phi) is 4.70. The smallest absolute Gasteiger partial charge is 0.185 e. The van der Waals surface area contributed by atoms with Crippen molar-refractivity contribution in [2.75, 3.05) is 0 Å². The number of hydrogen-bond acceptors (Lipinski definition) is 2. The van der Waals surface area contributed by atoms with Gasteiger partial charge >= 0.3 is 0 Å². The molecule has 0 spiro atoms. The van der Waals surface area contributed by atoms with E-state index in [9.17, 15) is 9.18 Å². The van der Waals surface area contributed by atoms with Crippen LogP contribution in [0.2, 0.25) is 0 Å². The monoisotopic (exact) mass is 338 g/mol. The SMILES string of the molecule is CCc1cc(C(=O)Cc2cccc(F)c2Br)n(CC)n1. The maximum absolute atomic E-state index is 13.5. The molecule has 1 heterocycles. The highest BCUT2D eigenvalue weighted by molar-refractivity contribution is 9.10. The van der Waals surface area contributed by atoms with Gasteiger partial charge in [0.15, 0.2) is 5.78 Å². The van der Waals surface area contributed by atoms with Crippen molar-refractivity contribution in [1.82, 2.24) is 9.78 Å². The summed E-state index contributed by atoms with van der Waals surface area (Å²) >= 11 is 3.19. The molecule has 0 amide bonds. The van der Waals surface area contributed by atoms with Crippen molar-refractivity contribution < 1.29 is 9.18 Å². The normalized spacial score (nSPS) is 10.8. The zero-order valence-electron chi connectivity index (χ0n) is 11.5. The molecule has 0 aliphatic rings. The fourth-order valence-electron chi connectivity index (χ4n) is 2.06. The first-order chi connectivity index (χ1) is 9.56. The van der Waals surface area contributed by atoms with Gasteiger partial charge < -0.3 is 0 Å². The molecule has 1 aromatic carbocycles. The van der Waals surface area contributed by atoms with Crippen LogP contribution in [-0.4, -0.2) is 15.6 Å². The number of halogens is 2. The molecule has 0 aliphatic carbocycles. The standard InChI is InChI=1S/C15H16BrFN2O/c1-3-11-9-13(19(4-2)18-11)14(20)8-10-6-5-7-12(17)15(10)16/h5-7,9H,3-4,8H2,1-2H3. The fourth-order valence-corrected chi connectivity index (χ4v) is 2.46. The first-order valence-corrected chi connectivity index (χ1v) is 7.38. The third-order valence-corrected chi connectivity index (χ3v) is 4.05. The summed E-state index contributed by atoms with van der Waals surface area (Å²) in [5.74, 6) is -0.404. The van der Waals surface area contributed by atoms with E-state index in [-0.39, 0.29) is 18.0 Å². The highest BCUT2D eigenvalue weighted by Crippen LogP contribution is 2.22. The van der Waals surface area contributed by atoms with Crippen molar-refractivity contribution in [1.29, 1.82) is 0 Å². The molecule has 0 saturated carbocycles. The summed E-state index contributed by atoms with van der Waals surface area (Å²) in [6, 6.07) is 6.54. The Morgan fingerprint density at radius 2 is 2.15 bits per heavy atom. The van der Waals surface area contributed by atoms with Gasteiger partial charge in [-0.05, 0) is 47.0 Å². The number of aryl methyl sites for hydroxylation is 2. The number of ketones is 1. The van der Waals surface area contributed by atoms with Gasteiger partial charge in [-0.1, -0.05) is 19.1 Å². The van der Waals surface area contributed by atoms with Gasteiger partial charge in [0.1, 0.15) is 11.5 Å². The van der Waals surface area contributed by atoms with Crippen molar-refractivity contribution in [3.63, 3.8) is 0 Å². The van der Waals surface area contributed by atoms with Gasteiger partial charge in [-0.2, -0.15) is 5.10 Å². The minimum atomic E-state index is -0.353. The van der Waals surface area contributed by atoms with E-state index in [1.54, 1.807) is 16.8 Å². The fraction of sp³-hybridized carbons (Fsp3) is 0.333. The third kappa shape index (κ3) is 2.98. The lowest BCUT2D eigenvalue weighted by atomic mass is 10.1. The van der Waals surface area contributed by atoms with Gasteiger partial charge in [-0.3, -0.25) is 9.48 Å². The molecule has 3 nitrogen and oxygen atoms in total. The van der Waals surface area contributed by atoms with Crippen molar-refractivity contribution in [3.05, 3.63) is 51.5 Å². The Morgan fingerprint density at radius 3 is 2.80 bits per heavy atom. The molecule has 20 heavy (non-hydrogen) atoms. The van der Waals surface area contributed by atoms with Gasteiger partial charge in [0, 0.05) is 13.0 Å². The van der Waals surface area contributed by atoms with E-state index in [0.717, 1.165) is 12.1 Å². The van der Waals surface area contributed by atoms with Crippen LogP contribution in [-0.2, 0) is 19.4 Å². The molecule has 0 saturated heterocycles. The van der Waals surface area contributed by atoms with Crippen LogP contribution >= 0.6 is 15.9 Å². The van der Waals surface area contributed by atoms with E-state index in [4.69, 9.17) is 0 Å². The van der Waals surface area contributed by atoms with Crippen LogP contribution in [0.3, 0.4) is 0 Å². The lowest BCUT2D eigenvalue weighted by molar-refractivity contribution is 0.0982. The molecule has 0 fully saturated rings. The lowest BCUT2D eigenvalue weighted by Crippen LogP contribution is -2.12. The van der Waals surface area contributed by atoms with Crippen LogP contribution in [0.15, 0.2) is 28.7 Å². The maximum Gasteiger partial charge on any atom is 0.185 e. The summed E-state index contributed by atoms with van der Waals surface area (Å²) in [5.41, 5.74) is 2.13. The number of aromatic nitrogens is 2. The van der Waals surface area contributed by atoms with Crippen molar-refractivity contribution >= 4 is 21.7 Å². The molecule has 1 aromatic heterocycles. The predicted molar refractivity (Wildman–Crippen MR) is 79.4 cm³/mol. The largest absolute Gasteiger partial charge is 0.292 e. The molecule has 0 bridgehead atoms. The molecule has 0 N–H and O–H groups in total. The van der Waals surface area contributed by atoms with Crippen LogP contribution in [0.5, 0.6) is 0 Å². The summed E-state index contributed by atoms with van der Waals surface area (Å²) < 4.78 is 15.5. The van der Waals surface area contributed by atoms with Gasteiger partial charge in [0.2, 0.25) is 0 Å². The van der Waals surface area contributed by atoms with Crippen LogP contribution < -0.4 is 0 Å². The van der Waals surface area contributed by atoms with E-state index < -0.39 is 0 Å². The molecular weight excluding hydrogens is 323 g/mol. The van der Waals surface area contributed by atoms with E-state index in [2.05, 4.69) is 21.0 Å². The highest BCUT2D eigenvalue weighted by atomic mass is 79.9. The summed E-state index contributed by atoms with van der Waals surface area (Å²) in [7, 11) is 0. The van der Waals surface area contributed by atoms with Gasteiger partial charge in [-0.15, -0.1) is 0 Å². The number of hydrogen-bond donors (Lipinski definition) is 0. The summed E-state index contributed by atoms with van der Waals surface area (Å²) in [6.07, 6.45) is 0.949. The van der Waals surface area contributed by atoms with E-state index in [1.807, 2.05) is 19.9 Å². The highest BCUT2D eigenvalue weighted by Gasteiger charge is 2.16. The van der Waals surface area contributed by atoms with Gasteiger partial charge in [-0.25, -0.2) is 4.39 Å². The van der Waals surface area contributed by atoms with E-state index in [0.29, 0.717) is 22.3 Å². The van der Waals surface area contributed by atoms with E-state index >= 15 is 0 Å². The maximum atomic E-state index is 13.5. The van der Waals surface area contributed by atoms with Gasteiger partial charge in [0.25, 0.3) is 0 Å². The predicted octanol–water partition coefficient (Wildman–Crippen LogP) is 3.79. The average Bonchev–Trinajstić information content (AvgIpc) is 2.87. The lowest BCUT2D eigenvalue weighted by Gasteiger charge is -2.06. The van der Waals surface area contributed by atoms with Gasteiger partial charge in [0.05, 0.1) is 10.2 Å². The van der Waals surface area contributed by atoms with Crippen LogP contribution in [0.1, 0.15) is 35.6 Å². The molecule has 106 valence electrons. The van der Waals surface area contributed by atoms with Crippen molar-refractivity contribution in [3.8, 4) is 0 Å². The first-order valence-electron chi connectivity index (χ1n) is 6.59. The quantitative estimate of drug-likeness (QED) is 0.777.